The number of allylic oxidation sites excluding steroid dienone is 2. The minimum Gasteiger partial charge on any atom is -0.343 e. The first-order chi connectivity index (χ1) is 11.8. The summed E-state index contributed by atoms with van der Waals surface area (Å²) in [6, 6.07) is 0. The molecule has 1 heterocycles. The minimum atomic E-state index is 0.400. The Bertz CT molecular complexity index is 318. The molecule has 0 atom stereocenters. The Kier molecular flexibility index (Phi) is 13.9. The van der Waals surface area contributed by atoms with Crippen LogP contribution in [0.25, 0.3) is 0 Å². The zero-order valence-corrected chi connectivity index (χ0v) is 16.2. The van der Waals surface area contributed by atoms with E-state index in [0.717, 1.165) is 25.9 Å². The Morgan fingerprint density at radius 2 is 1.25 bits per heavy atom. The van der Waals surface area contributed by atoms with E-state index in [1.807, 2.05) is 0 Å². The van der Waals surface area contributed by atoms with E-state index in [2.05, 4.69) is 24.0 Å². The molecule has 0 aromatic heterocycles. The van der Waals surface area contributed by atoms with Crippen LogP contribution < -0.4 is 0 Å². The third-order valence-corrected chi connectivity index (χ3v) is 5.09. The van der Waals surface area contributed by atoms with Crippen molar-refractivity contribution in [2.75, 3.05) is 13.1 Å². The lowest BCUT2D eigenvalue weighted by atomic mass is 10.0. The smallest absolute Gasteiger partial charge is 0.222 e. The number of hydrogen-bond donors (Lipinski definition) is 0. The molecule has 0 aliphatic carbocycles. The van der Waals surface area contributed by atoms with Crippen LogP contribution in [0.5, 0.6) is 0 Å². The molecule has 0 bridgehead atoms. The van der Waals surface area contributed by atoms with Crippen LogP contribution in [0.1, 0.15) is 110 Å². The molecule has 2 nitrogen and oxygen atoms in total. The molecule has 0 N–H and O–H groups in total. The number of nitrogens with zero attached hydrogens (tertiary/aromatic N) is 1. The Morgan fingerprint density at radius 3 is 1.83 bits per heavy atom. The largest absolute Gasteiger partial charge is 0.343 e. The van der Waals surface area contributed by atoms with Gasteiger partial charge in [-0.3, -0.25) is 4.79 Å². The summed E-state index contributed by atoms with van der Waals surface area (Å²) in [5.74, 6) is 0.400. The highest BCUT2D eigenvalue weighted by Gasteiger charge is 2.16. The summed E-state index contributed by atoms with van der Waals surface area (Å²) in [5, 5.41) is 0. The number of hydrogen-bond acceptors (Lipinski definition) is 1. The molecule has 1 saturated heterocycles. The van der Waals surface area contributed by atoms with Crippen LogP contribution in [0, 0.1) is 0 Å². The van der Waals surface area contributed by atoms with Gasteiger partial charge in [-0.05, 0) is 38.5 Å². The van der Waals surface area contributed by atoms with Crippen LogP contribution in [-0.2, 0) is 4.79 Å². The van der Waals surface area contributed by atoms with Crippen molar-refractivity contribution in [3.8, 4) is 0 Å². The van der Waals surface area contributed by atoms with Crippen LogP contribution in [0.3, 0.4) is 0 Å². The van der Waals surface area contributed by atoms with Gasteiger partial charge in [0.25, 0.3) is 0 Å². The van der Waals surface area contributed by atoms with Crippen LogP contribution in [-0.4, -0.2) is 23.9 Å². The second-order valence-electron chi connectivity index (χ2n) is 7.42. The fraction of sp³-hybridized carbons (Fsp3) is 0.864. The van der Waals surface area contributed by atoms with Crippen LogP contribution in [0.15, 0.2) is 12.2 Å². The van der Waals surface area contributed by atoms with E-state index in [1.165, 1.54) is 89.9 Å². The Morgan fingerprint density at radius 1 is 0.750 bits per heavy atom. The van der Waals surface area contributed by atoms with Crippen LogP contribution >= 0.6 is 0 Å². The maximum absolute atomic E-state index is 11.9. The van der Waals surface area contributed by atoms with Gasteiger partial charge < -0.3 is 4.90 Å². The summed E-state index contributed by atoms with van der Waals surface area (Å²) in [6.45, 7) is 4.25. The zero-order valence-electron chi connectivity index (χ0n) is 16.2. The topological polar surface area (TPSA) is 20.3 Å². The second kappa shape index (κ2) is 15.7. The van der Waals surface area contributed by atoms with E-state index in [0.29, 0.717) is 5.91 Å². The number of carbonyl (C=O) groups is 1. The van der Waals surface area contributed by atoms with E-state index in [4.69, 9.17) is 0 Å². The van der Waals surface area contributed by atoms with Gasteiger partial charge in [0.1, 0.15) is 0 Å². The number of carbonyl (C=O) groups excluding carboxylic acids is 1. The maximum atomic E-state index is 11.9. The van der Waals surface area contributed by atoms with Crippen molar-refractivity contribution in [1.82, 2.24) is 4.90 Å². The minimum absolute atomic E-state index is 0.400. The molecule has 2 heteroatoms. The molecule has 0 unspecified atom stereocenters. The molecule has 0 saturated carbocycles. The number of likely N-dealkylation sites (tertiary alicyclic amines) is 1. The lowest BCUT2D eigenvalue weighted by molar-refractivity contribution is -0.130. The lowest BCUT2D eigenvalue weighted by Crippen LogP contribution is -2.27. The van der Waals surface area contributed by atoms with Gasteiger partial charge in [0.05, 0.1) is 0 Å². The quantitative estimate of drug-likeness (QED) is 0.242. The number of amides is 1. The molecule has 1 rings (SSSR count). The summed E-state index contributed by atoms with van der Waals surface area (Å²) >= 11 is 0. The molecule has 0 radical (unpaired) electrons. The van der Waals surface area contributed by atoms with Gasteiger partial charge in [0.15, 0.2) is 0 Å². The molecule has 0 aromatic carbocycles. The molecular weight excluding hydrogens is 294 g/mol. The normalized spacial score (nSPS) is 14.8. The molecule has 140 valence electrons. The Labute approximate surface area is 151 Å². The van der Waals surface area contributed by atoms with E-state index >= 15 is 0 Å². The Balaban J connectivity index is 1.74. The summed E-state index contributed by atoms with van der Waals surface area (Å²) < 4.78 is 0. The summed E-state index contributed by atoms with van der Waals surface area (Å²) in [7, 11) is 0. The molecule has 24 heavy (non-hydrogen) atoms. The van der Waals surface area contributed by atoms with Gasteiger partial charge >= 0.3 is 0 Å². The molecule has 1 aliphatic rings. The van der Waals surface area contributed by atoms with E-state index in [9.17, 15) is 4.79 Å². The van der Waals surface area contributed by atoms with Gasteiger partial charge in [0.2, 0.25) is 5.91 Å². The van der Waals surface area contributed by atoms with Gasteiger partial charge in [0, 0.05) is 19.5 Å². The van der Waals surface area contributed by atoms with Crippen molar-refractivity contribution in [3.63, 3.8) is 0 Å². The number of rotatable bonds is 15. The average Bonchev–Trinajstić information content (AvgIpc) is 3.13. The Hall–Kier alpha value is -0.790. The van der Waals surface area contributed by atoms with Crippen molar-refractivity contribution >= 4 is 5.91 Å². The predicted octanol–water partition coefficient (Wildman–Crippen LogP) is 6.65. The molecular formula is C22H41NO. The maximum Gasteiger partial charge on any atom is 0.222 e. The van der Waals surface area contributed by atoms with Gasteiger partial charge in [-0.25, -0.2) is 0 Å². The van der Waals surface area contributed by atoms with Crippen molar-refractivity contribution in [2.45, 2.75) is 110 Å². The van der Waals surface area contributed by atoms with E-state index in [-0.39, 0.29) is 0 Å². The molecule has 0 aromatic rings. The predicted molar refractivity (Wildman–Crippen MR) is 105 cm³/mol. The lowest BCUT2D eigenvalue weighted by Gasteiger charge is -2.14. The first-order valence-electron chi connectivity index (χ1n) is 10.8. The highest BCUT2D eigenvalue weighted by molar-refractivity contribution is 5.76. The van der Waals surface area contributed by atoms with Crippen molar-refractivity contribution in [1.29, 1.82) is 0 Å². The van der Waals surface area contributed by atoms with Gasteiger partial charge in [-0.1, -0.05) is 76.9 Å². The highest BCUT2D eigenvalue weighted by atomic mass is 16.2. The second-order valence-corrected chi connectivity index (χ2v) is 7.42. The van der Waals surface area contributed by atoms with Crippen LogP contribution in [0.4, 0.5) is 0 Å². The van der Waals surface area contributed by atoms with E-state index < -0.39 is 0 Å². The average molecular weight is 336 g/mol. The van der Waals surface area contributed by atoms with E-state index in [1.54, 1.807) is 0 Å². The summed E-state index contributed by atoms with van der Waals surface area (Å²) in [4.78, 5) is 14.0. The standard InChI is InChI=1S/C22H41NO/c1-2-3-4-5-6-7-8-9-10-11-12-13-14-15-16-19-22(24)23-20-17-18-21-23/h4-5H,2-3,6-21H2,1H3. The van der Waals surface area contributed by atoms with Gasteiger partial charge in [-0.15, -0.1) is 0 Å². The van der Waals surface area contributed by atoms with Gasteiger partial charge in [-0.2, -0.15) is 0 Å². The fourth-order valence-electron chi connectivity index (χ4n) is 3.48. The van der Waals surface area contributed by atoms with Crippen LogP contribution in [0.2, 0.25) is 0 Å². The highest BCUT2D eigenvalue weighted by Crippen LogP contribution is 2.14. The third-order valence-electron chi connectivity index (χ3n) is 5.09. The zero-order chi connectivity index (χ0) is 17.3. The summed E-state index contributed by atoms with van der Waals surface area (Å²) in [6.07, 6.45) is 25.1. The van der Waals surface area contributed by atoms with Crippen molar-refractivity contribution in [3.05, 3.63) is 12.2 Å². The monoisotopic (exact) mass is 335 g/mol. The third kappa shape index (κ3) is 11.7. The first kappa shape index (κ1) is 21.3. The molecule has 0 spiro atoms. The first-order valence-corrected chi connectivity index (χ1v) is 10.8. The molecule has 1 fully saturated rings. The number of unbranched alkanes of at least 4 members (excludes halogenated alkanes) is 11. The summed E-state index contributed by atoms with van der Waals surface area (Å²) in [5.41, 5.74) is 0. The molecule has 1 amide bonds. The SMILES string of the molecule is CCCC=CCCCCCCCCCCCCC(=O)N1CCCC1. The fourth-order valence-corrected chi connectivity index (χ4v) is 3.48. The van der Waals surface area contributed by atoms with Crippen molar-refractivity contribution in [2.24, 2.45) is 0 Å². The molecule has 1 aliphatic heterocycles. The van der Waals surface area contributed by atoms with Crippen molar-refractivity contribution < 1.29 is 4.79 Å².